The van der Waals surface area contributed by atoms with E-state index in [9.17, 15) is 0 Å². The standard InChI is InChI=1S/C10H14N2.ClH/c1-2-7-12-10(5-1)9-4-3-6-11-8-9;/h3-4,6,8,10,12H,1-2,5,7H2;1H/t10-;/m0./s1. The molecule has 1 aliphatic rings. The van der Waals surface area contributed by atoms with Gasteiger partial charge in [-0.1, -0.05) is 12.5 Å². The number of halogens is 1. The number of piperidine rings is 1. The molecule has 1 N–H and O–H groups in total. The quantitative estimate of drug-likeness (QED) is 0.749. The van der Waals surface area contributed by atoms with Crippen LogP contribution in [0.1, 0.15) is 30.9 Å². The largest absolute Gasteiger partial charge is 0.310 e. The van der Waals surface area contributed by atoms with Gasteiger partial charge in [-0.05, 0) is 31.0 Å². The maximum absolute atomic E-state index is 4.12. The molecule has 13 heavy (non-hydrogen) atoms. The topological polar surface area (TPSA) is 24.9 Å². The van der Waals surface area contributed by atoms with Gasteiger partial charge in [-0.2, -0.15) is 0 Å². The summed E-state index contributed by atoms with van der Waals surface area (Å²) in [4.78, 5) is 4.12. The Morgan fingerprint density at radius 2 is 2.31 bits per heavy atom. The highest BCUT2D eigenvalue weighted by Crippen LogP contribution is 2.21. The lowest BCUT2D eigenvalue weighted by Crippen LogP contribution is -2.26. The number of pyridine rings is 1. The lowest BCUT2D eigenvalue weighted by molar-refractivity contribution is 0.411. The third kappa shape index (κ3) is 2.68. The van der Waals surface area contributed by atoms with Crippen molar-refractivity contribution in [3.8, 4) is 0 Å². The van der Waals surface area contributed by atoms with Gasteiger partial charge >= 0.3 is 0 Å². The van der Waals surface area contributed by atoms with Crippen molar-refractivity contribution in [1.29, 1.82) is 0 Å². The third-order valence-corrected chi connectivity index (χ3v) is 2.40. The zero-order valence-electron chi connectivity index (χ0n) is 7.57. The Balaban J connectivity index is 0.000000845. The molecule has 1 aromatic heterocycles. The molecule has 1 atom stereocenters. The van der Waals surface area contributed by atoms with Crippen LogP contribution in [0.15, 0.2) is 24.5 Å². The molecule has 72 valence electrons. The van der Waals surface area contributed by atoms with Crippen LogP contribution in [-0.4, -0.2) is 11.5 Å². The number of nitrogens with zero attached hydrogens (tertiary/aromatic N) is 1. The number of rotatable bonds is 1. The van der Waals surface area contributed by atoms with Gasteiger partial charge < -0.3 is 5.32 Å². The van der Waals surface area contributed by atoms with Crippen LogP contribution in [0.3, 0.4) is 0 Å². The Hall–Kier alpha value is -0.600. The third-order valence-electron chi connectivity index (χ3n) is 2.40. The van der Waals surface area contributed by atoms with Gasteiger partial charge in [0.05, 0.1) is 0 Å². The minimum absolute atomic E-state index is 0. The van der Waals surface area contributed by atoms with Crippen molar-refractivity contribution in [3.63, 3.8) is 0 Å². The lowest BCUT2D eigenvalue weighted by Gasteiger charge is -2.23. The van der Waals surface area contributed by atoms with E-state index in [0.29, 0.717) is 6.04 Å². The molecule has 0 spiro atoms. The summed E-state index contributed by atoms with van der Waals surface area (Å²) in [5, 5.41) is 3.50. The molecule has 0 saturated carbocycles. The average molecular weight is 199 g/mol. The molecule has 0 amide bonds. The molecule has 1 aromatic rings. The Kier molecular flexibility index (Phi) is 4.19. The molecule has 1 fully saturated rings. The molecule has 3 heteroatoms. The van der Waals surface area contributed by atoms with Gasteiger partial charge in [0.25, 0.3) is 0 Å². The summed E-state index contributed by atoms with van der Waals surface area (Å²) in [5.41, 5.74) is 1.33. The van der Waals surface area contributed by atoms with Crippen LogP contribution in [-0.2, 0) is 0 Å². The highest BCUT2D eigenvalue weighted by molar-refractivity contribution is 5.85. The van der Waals surface area contributed by atoms with Crippen LogP contribution in [0.4, 0.5) is 0 Å². The molecule has 2 rings (SSSR count). The second-order valence-corrected chi connectivity index (χ2v) is 3.29. The zero-order valence-corrected chi connectivity index (χ0v) is 8.39. The molecular weight excluding hydrogens is 184 g/mol. The van der Waals surface area contributed by atoms with Crippen LogP contribution in [0.5, 0.6) is 0 Å². The van der Waals surface area contributed by atoms with Gasteiger partial charge in [0.2, 0.25) is 0 Å². The lowest BCUT2D eigenvalue weighted by atomic mass is 9.99. The van der Waals surface area contributed by atoms with E-state index in [0.717, 1.165) is 6.54 Å². The molecule has 1 aliphatic heterocycles. The minimum atomic E-state index is 0. The molecule has 0 radical (unpaired) electrons. The van der Waals surface area contributed by atoms with Gasteiger partial charge in [0.1, 0.15) is 0 Å². The number of hydrogen-bond donors (Lipinski definition) is 1. The van der Waals surface area contributed by atoms with Gasteiger partial charge in [-0.3, -0.25) is 4.98 Å². The predicted molar refractivity (Wildman–Crippen MR) is 56.1 cm³/mol. The van der Waals surface area contributed by atoms with Crippen LogP contribution in [0, 0.1) is 0 Å². The Bertz CT molecular complexity index is 232. The first-order valence-electron chi connectivity index (χ1n) is 4.60. The first-order chi connectivity index (χ1) is 5.97. The van der Waals surface area contributed by atoms with Crippen LogP contribution >= 0.6 is 12.4 Å². The van der Waals surface area contributed by atoms with Crippen molar-refractivity contribution in [1.82, 2.24) is 10.3 Å². The highest BCUT2D eigenvalue weighted by Gasteiger charge is 2.13. The van der Waals surface area contributed by atoms with Gasteiger partial charge in [-0.25, -0.2) is 0 Å². The van der Waals surface area contributed by atoms with E-state index in [1.165, 1.54) is 24.8 Å². The number of aromatic nitrogens is 1. The normalized spacial score (nSPS) is 22.0. The fourth-order valence-corrected chi connectivity index (χ4v) is 1.72. The van der Waals surface area contributed by atoms with Crippen molar-refractivity contribution in [2.45, 2.75) is 25.3 Å². The van der Waals surface area contributed by atoms with Crippen molar-refractivity contribution >= 4 is 12.4 Å². The fraction of sp³-hybridized carbons (Fsp3) is 0.500. The predicted octanol–water partition coefficient (Wildman–Crippen LogP) is 2.32. The van der Waals surface area contributed by atoms with E-state index in [1.807, 2.05) is 18.5 Å². The van der Waals surface area contributed by atoms with Crippen molar-refractivity contribution < 1.29 is 0 Å². The van der Waals surface area contributed by atoms with E-state index in [1.54, 1.807) is 0 Å². The van der Waals surface area contributed by atoms with Crippen LogP contribution < -0.4 is 5.32 Å². The molecule has 0 aliphatic carbocycles. The Morgan fingerprint density at radius 1 is 1.38 bits per heavy atom. The summed E-state index contributed by atoms with van der Waals surface area (Å²) in [7, 11) is 0. The monoisotopic (exact) mass is 198 g/mol. The number of hydrogen-bond acceptors (Lipinski definition) is 2. The first-order valence-corrected chi connectivity index (χ1v) is 4.60. The molecule has 2 nitrogen and oxygen atoms in total. The van der Waals surface area contributed by atoms with Gasteiger partial charge in [-0.15, -0.1) is 12.4 Å². The van der Waals surface area contributed by atoms with Crippen molar-refractivity contribution in [2.75, 3.05) is 6.54 Å². The summed E-state index contributed by atoms with van der Waals surface area (Å²) in [6.45, 7) is 1.15. The van der Waals surface area contributed by atoms with Crippen molar-refractivity contribution in [3.05, 3.63) is 30.1 Å². The molecule has 0 unspecified atom stereocenters. The van der Waals surface area contributed by atoms with Gasteiger partial charge in [0, 0.05) is 18.4 Å². The van der Waals surface area contributed by atoms with E-state index in [-0.39, 0.29) is 12.4 Å². The smallest absolute Gasteiger partial charge is 0.0335 e. The zero-order chi connectivity index (χ0) is 8.23. The molecule has 1 saturated heterocycles. The van der Waals surface area contributed by atoms with Crippen molar-refractivity contribution in [2.24, 2.45) is 0 Å². The van der Waals surface area contributed by atoms with E-state index in [2.05, 4.69) is 16.4 Å². The molecule has 2 heterocycles. The summed E-state index contributed by atoms with van der Waals surface area (Å²) in [6.07, 6.45) is 7.70. The minimum Gasteiger partial charge on any atom is -0.310 e. The van der Waals surface area contributed by atoms with E-state index in [4.69, 9.17) is 0 Å². The average Bonchev–Trinajstić information content (AvgIpc) is 2.21. The van der Waals surface area contributed by atoms with Crippen LogP contribution in [0.2, 0.25) is 0 Å². The van der Waals surface area contributed by atoms with E-state index < -0.39 is 0 Å². The summed E-state index contributed by atoms with van der Waals surface area (Å²) in [5.74, 6) is 0. The number of nitrogens with one attached hydrogen (secondary N) is 1. The Labute approximate surface area is 85.2 Å². The maximum Gasteiger partial charge on any atom is 0.0335 e. The maximum atomic E-state index is 4.12. The summed E-state index contributed by atoms with van der Waals surface area (Å²) < 4.78 is 0. The highest BCUT2D eigenvalue weighted by atomic mass is 35.5. The summed E-state index contributed by atoms with van der Waals surface area (Å²) >= 11 is 0. The van der Waals surface area contributed by atoms with Gasteiger partial charge in [0.15, 0.2) is 0 Å². The van der Waals surface area contributed by atoms with Crippen LogP contribution in [0.25, 0.3) is 0 Å². The second kappa shape index (κ2) is 5.20. The molecular formula is C10H15ClN2. The SMILES string of the molecule is Cl.c1cncc([C@@H]2CCCCN2)c1. The first kappa shape index (κ1) is 10.5. The molecule has 0 bridgehead atoms. The fourth-order valence-electron chi connectivity index (χ4n) is 1.72. The second-order valence-electron chi connectivity index (χ2n) is 3.29. The molecule has 0 aromatic carbocycles. The van der Waals surface area contributed by atoms with E-state index >= 15 is 0 Å². The Morgan fingerprint density at radius 3 is 2.92 bits per heavy atom. The summed E-state index contributed by atoms with van der Waals surface area (Å²) in [6, 6.07) is 4.70.